The van der Waals surface area contributed by atoms with Crippen molar-refractivity contribution in [2.24, 2.45) is 0 Å². The van der Waals surface area contributed by atoms with Gasteiger partial charge < -0.3 is 5.32 Å². The summed E-state index contributed by atoms with van der Waals surface area (Å²) >= 11 is 5.85. The van der Waals surface area contributed by atoms with E-state index in [1.807, 2.05) is 24.3 Å². The molecule has 0 saturated heterocycles. The molecule has 0 aliphatic carbocycles. The molecule has 0 aromatic heterocycles. The number of nitrogens with one attached hydrogen (secondary N) is 1. The van der Waals surface area contributed by atoms with Crippen LogP contribution in [0.2, 0.25) is 5.02 Å². The Kier molecular flexibility index (Phi) is 4.11. The number of likely N-dealkylation sites (N-methyl/N-ethyl adjacent to an activating group) is 1. The number of benzene rings is 1. The molecule has 0 spiro atoms. The van der Waals surface area contributed by atoms with Gasteiger partial charge in [-0.1, -0.05) is 23.7 Å². The average Bonchev–Trinajstić information content (AvgIpc) is 2.14. The highest BCUT2D eigenvalue weighted by atomic mass is 35.5. The first-order chi connectivity index (χ1) is 6.63. The van der Waals surface area contributed by atoms with Crippen LogP contribution in [0.25, 0.3) is 0 Å². The topological polar surface area (TPSA) is 29.1 Å². The van der Waals surface area contributed by atoms with Crippen molar-refractivity contribution in [1.82, 2.24) is 5.32 Å². The van der Waals surface area contributed by atoms with Crippen LogP contribution in [0.5, 0.6) is 0 Å². The van der Waals surface area contributed by atoms with Gasteiger partial charge in [-0.25, -0.2) is 0 Å². The number of halogens is 1. The normalized spacial score (nSPS) is 12.5. The Hall–Kier alpha value is -0.860. The van der Waals surface area contributed by atoms with E-state index in [2.05, 4.69) is 5.32 Å². The minimum atomic E-state index is -0.117. The zero-order valence-corrected chi connectivity index (χ0v) is 9.14. The Morgan fingerprint density at radius 1 is 1.57 bits per heavy atom. The Balaban J connectivity index is 2.72. The summed E-state index contributed by atoms with van der Waals surface area (Å²) in [6, 6.07) is 7.46. The smallest absolute Gasteiger partial charge is 0.147 e. The Labute approximate surface area is 89.3 Å². The van der Waals surface area contributed by atoms with Crippen LogP contribution in [0.3, 0.4) is 0 Å². The molecule has 1 N–H and O–H groups in total. The van der Waals surface area contributed by atoms with Gasteiger partial charge in [0.2, 0.25) is 0 Å². The van der Waals surface area contributed by atoms with E-state index in [0.717, 1.165) is 5.56 Å². The molecule has 0 unspecified atom stereocenters. The second-order valence-electron chi connectivity index (χ2n) is 3.29. The summed E-state index contributed by atoms with van der Waals surface area (Å²) in [6.07, 6.45) is 0.687. The van der Waals surface area contributed by atoms with Gasteiger partial charge in [0, 0.05) is 5.02 Å². The van der Waals surface area contributed by atoms with Gasteiger partial charge in [0.15, 0.2) is 0 Å². The summed E-state index contributed by atoms with van der Waals surface area (Å²) in [4.78, 5) is 11.2. The van der Waals surface area contributed by atoms with E-state index < -0.39 is 0 Å². The van der Waals surface area contributed by atoms with E-state index >= 15 is 0 Å². The van der Waals surface area contributed by atoms with Gasteiger partial charge in [0.25, 0.3) is 0 Å². The number of carbonyl (C=O) groups excluding carboxylic acids is 1. The number of ketones is 1. The molecule has 0 aliphatic heterocycles. The molecular weight excluding hydrogens is 198 g/mol. The average molecular weight is 212 g/mol. The first kappa shape index (κ1) is 11.2. The number of carbonyl (C=O) groups is 1. The van der Waals surface area contributed by atoms with Crippen LogP contribution in [0, 0.1) is 0 Å². The molecule has 1 aromatic carbocycles. The molecule has 1 rings (SSSR count). The summed E-state index contributed by atoms with van der Waals surface area (Å²) < 4.78 is 0. The summed E-state index contributed by atoms with van der Waals surface area (Å²) in [5.41, 5.74) is 1.08. The third-order valence-electron chi connectivity index (χ3n) is 2.17. The molecule has 0 heterocycles. The quantitative estimate of drug-likeness (QED) is 0.826. The van der Waals surface area contributed by atoms with Crippen LogP contribution in [0.1, 0.15) is 12.5 Å². The second-order valence-corrected chi connectivity index (χ2v) is 3.72. The second kappa shape index (κ2) is 5.13. The lowest BCUT2D eigenvalue weighted by Gasteiger charge is -2.12. The first-order valence-corrected chi connectivity index (χ1v) is 4.93. The fourth-order valence-electron chi connectivity index (χ4n) is 1.35. The lowest BCUT2D eigenvalue weighted by molar-refractivity contribution is -0.118. The van der Waals surface area contributed by atoms with E-state index in [-0.39, 0.29) is 11.8 Å². The molecule has 0 amide bonds. The van der Waals surface area contributed by atoms with Crippen molar-refractivity contribution in [3.8, 4) is 0 Å². The SMILES string of the molecule is CN[C@H](Cc1cccc(Cl)c1)C(C)=O. The van der Waals surface area contributed by atoms with E-state index in [1.165, 1.54) is 0 Å². The lowest BCUT2D eigenvalue weighted by Crippen LogP contribution is -2.34. The summed E-state index contributed by atoms with van der Waals surface area (Å²) in [5, 5.41) is 3.69. The van der Waals surface area contributed by atoms with Crippen LogP contribution in [-0.4, -0.2) is 18.9 Å². The Bertz CT molecular complexity index is 325. The van der Waals surface area contributed by atoms with Crippen LogP contribution >= 0.6 is 11.6 Å². The van der Waals surface area contributed by atoms with Crippen molar-refractivity contribution in [3.05, 3.63) is 34.9 Å². The molecule has 0 bridgehead atoms. The van der Waals surface area contributed by atoms with Crippen molar-refractivity contribution < 1.29 is 4.79 Å². The molecule has 14 heavy (non-hydrogen) atoms. The lowest BCUT2D eigenvalue weighted by atomic mass is 10.0. The fraction of sp³-hybridized carbons (Fsp3) is 0.364. The molecule has 3 heteroatoms. The van der Waals surface area contributed by atoms with Crippen molar-refractivity contribution in [2.75, 3.05) is 7.05 Å². The largest absolute Gasteiger partial charge is 0.310 e. The first-order valence-electron chi connectivity index (χ1n) is 4.55. The zero-order chi connectivity index (χ0) is 10.6. The monoisotopic (exact) mass is 211 g/mol. The molecule has 0 radical (unpaired) electrons. The molecule has 76 valence electrons. The predicted molar refractivity (Wildman–Crippen MR) is 58.7 cm³/mol. The molecule has 1 atom stereocenters. The third-order valence-corrected chi connectivity index (χ3v) is 2.40. The van der Waals surface area contributed by atoms with Crippen molar-refractivity contribution in [3.63, 3.8) is 0 Å². The highest BCUT2D eigenvalue weighted by Crippen LogP contribution is 2.12. The van der Waals surface area contributed by atoms with Gasteiger partial charge in [-0.3, -0.25) is 4.79 Å². The van der Waals surface area contributed by atoms with Crippen LogP contribution in [0.15, 0.2) is 24.3 Å². The van der Waals surface area contributed by atoms with Crippen molar-refractivity contribution in [1.29, 1.82) is 0 Å². The van der Waals surface area contributed by atoms with Crippen LogP contribution in [-0.2, 0) is 11.2 Å². The highest BCUT2D eigenvalue weighted by Gasteiger charge is 2.11. The molecule has 1 aromatic rings. The molecule has 0 aliphatic rings. The van der Waals surface area contributed by atoms with Crippen molar-refractivity contribution >= 4 is 17.4 Å². The van der Waals surface area contributed by atoms with Crippen LogP contribution in [0.4, 0.5) is 0 Å². The number of Topliss-reactive ketones (excluding diaryl/α,β-unsaturated/α-hetero) is 1. The van der Waals surface area contributed by atoms with Gasteiger partial charge in [-0.2, -0.15) is 0 Å². The maximum absolute atomic E-state index is 11.2. The van der Waals surface area contributed by atoms with Crippen LogP contribution < -0.4 is 5.32 Å². The number of hydrogen-bond donors (Lipinski definition) is 1. The van der Waals surface area contributed by atoms with E-state index in [9.17, 15) is 4.79 Å². The predicted octanol–water partition coefficient (Wildman–Crippen LogP) is 2.06. The van der Waals surface area contributed by atoms with Gasteiger partial charge in [-0.05, 0) is 38.1 Å². The zero-order valence-electron chi connectivity index (χ0n) is 8.38. The standard InChI is InChI=1S/C11H14ClNO/c1-8(14)11(13-2)7-9-4-3-5-10(12)6-9/h3-6,11,13H,7H2,1-2H3/t11-/m1/s1. The Morgan fingerprint density at radius 3 is 2.79 bits per heavy atom. The van der Waals surface area contributed by atoms with E-state index in [4.69, 9.17) is 11.6 Å². The maximum atomic E-state index is 11.2. The number of rotatable bonds is 4. The van der Waals surface area contributed by atoms with Gasteiger partial charge in [-0.15, -0.1) is 0 Å². The third kappa shape index (κ3) is 3.13. The molecule has 2 nitrogen and oxygen atoms in total. The molecule has 0 fully saturated rings. The van der Waals surface area contributed by atoms with Gasteiger partial charge in [0.05, 0.1) is 6.04 Å². The molecular formula is C11H14ClNO. The highest BCUT2D eigenvalue weighted by molar-refractivity contribution is 6.30. The van der Waals surface area contributed by atoms with Gasteiger partial charge >= 0.3 is 0 Å². The minimum absolute atomic E-state index is 0.117. The van der Waals surface area contributed by atoms with Crippen molar-refractivity contribution in [2.45, 2.75) is 19.4 Å². The number of hydrogen-bond acceptors (Lipinski definition) is 2. The van der Waals surface area contributed by atoms with E-state index in [1.54, 1.807) is 14.0 Å². The summed E-state index contributed by atoms with van der Waals surface area (Å²) in [7, 11) is 1.79. The Morgan fingerprint density at radius 2 is 2.29 bits per heavy atom. The van der Waals surface area contributed by atoms with E-state index in [0.29, 0.717) is 11.4 Å². The summed E-state index contributed by atoms with van der Waals surface area (Å²) in [6.45, 7) is 1.59. The minimum Gasteiger partial charge on any atom is -0.310 e. The maximum Gasteiger partial charge on any atom is 0.147 e. The van der Waals surface area contributed by atoms with Gasteiger partial charge in [0.1, 0.15) is 5.78 Å². The summed E-state index contributed by atoms with van der Waals surface area (Å²) in [5.74, 6) is 0.146. The fourth-order valence-corrected chi connectivity index (χ4v) is 1.56. The molecule has 0 saturated carbocycles.